The predicted octanol–water partition coefficient (Wildman–Crippen LogP) is 2.29. The van der Waals surface area contributed by atoms with Crippen molar-refractivity contribution in [3.63, 3.8) is 0 Å². The fraction of sp³-hybridized carbons (Fsp3) is 0.688. The zero-order valence-corrected chi connectivity index (χ0v) is 14.2. The van der Waals surface area contributed by atoms with Gasteiger partial charge in [-0.1, -0.05) is 32.5 Å². The van der Waals surface area contributed by atoms with Crippen LogP contribution in [-0.2, 0) is 6.54 Å². The van der Waals surface area contributed by atoms with E-state index in [9.17, 15) is 9.59 Å². The van der Waals surface area contributed by atoms with Gasteiger partial charge in [0.15, 0.2) is 5.16 Å². The van der Waals surface area contributed by atoms with Crippen molar-refractivity contribution in [3.05, 3.63) is 22.1 Å². The van der Waals surface area contributed by atoms with Gasteiger partial charge in [0.05, 0.1) is 0 Å². The van der Waals surface area contributed by atoms with Gasteiger partial charge in [-0.15, -0.1) is 0 Å². The van der Waals surface area contributed by atoms with Crippen LogP contribution in [0.25, 0.3) is 0 Å². The summed E-state index contributed by atoms with van der Waals surface area (Å²) < 4.78 is 1.60. The van der Waals surface area contributed by atoms with Gasteiger partial charge in [0, 0.05) is 24.5 Å². The minimum Gasteiger partial charge on any atom is -0.349 e. The Labute approximate surface area is 134 Å². The van der Waals surface area contributed by atoms with E-state index in [1.807, 2.05) is 0 Å². The molecule has 2 heterocycles. The van der Waals surface area contributed by atoms with Gasteiger partial charge in [-0.3, -0.25) is 14.2 Å². The Morgan fingerprint density at radius 1 is 1.45 bits per heavy atom. The number of nitrogens with one attached hydrogen (secondary N) is 1. The summed E-state index contributed by atoms with van der Waals surface area (Å²) in [5.74, 6) is 1.16. The van der Waals surface area contributed by atoms with E-state index in [4.69, 9.17) is 0 Å². The van der Waals surface area contributed by atoms with Crippen LogP contribution in [0.15, 0.2) is 16.1 Å². The minimum absolute atomic E-state index is 0.137. The highest BCUT2D eigenvalue weighted by Crippen LogP contribution is 2.38. The molecule has 5 nitrogen and oxygen atoms in total. The maximum absolute atomic E-state index is 12.5. The van der Waals surface area contributed by atoms with E-state index in [0.29, 0.717) is 17.6 Å². The first kappa shape index (κ1) is 15.6. The van der Waals surface area contributed by atoms with Gasteiger partial charge in [-0.2, -0.15) is 0 Å². The maximum Gasteiger partial charge on any atom is 0.267 e. The zero-order valence-electron chi connectivity index (χ0n) is 13.4. The van der Waals surface area contributed by atoms with Gasteiger partial charge >= 0.3 is 0 Å². The van der Waals surface area contributed by atoms with Gasteiger partial charge in [-0.05, 0) is 30.6 Å². The number of hydrogen-bond donors (Lipinski definition) is 1. The molecule has 0 unspecified atom stereocenters. The number of aromatic nitrogens is 2. The number of amides is 1. The van der Waals surface area contributed by atoms with Gasteiger partial charge in [0.1, 0.15) is 5.56 Å². The lowest BCUT2D eigenvalue weighted by molar-refractivity contribution is 0.0871. The van der Waals surface area contributed by atoms with E-state index in [1.165, 1.54) is 12.6 Å². The SMILES string of the molecule is C[C@H]1C[C@H](NC(=O)c2cnc3n(c2=O)CCS3)CC(C)(C)C1. The summed E-state index contributed by atoms with van der Waals surface area (Å²) in [5.41, 5.74) is 0.190. The van der Waals surface area contributed by atoms with Crippen LogP contribution >= 0.6 is 11.8 Å². The summed E-state index contributed by atoms with van der Waals surface area (Å²) in [4.78, 5) is 29.1. The third kappa shape index (κ3) is 3.07. The van der Waals surface area contributed by atoms with E-state index in [2.05, 4.69) is 31.1 Å². The molecule has 0 saturated heterocycles. The molecule has 0 radical (unpaired) electrons. The van der Waals surface area contributed by atoms with Crippen molar-refractivity contribution >= 4 is 17.7 Å². The van der Waals surface area contributed by atoms with Crippen LogP contribution in [0.3, 0.4) is 0 Å². The molecule has 1 saturated carbocycles. The highest BCUT2D eigenvalue weighted by molar-refractivity contribution is 7.99. The molecule has 3 rings (SSSR count). The van der Waals surface area contributed by atoms with Gasteiger partial charge in [-0.25, -0.2) is 4.98 Å². The first-order valence-electron chi connectivity index (χ1n) is 7.89. The Morgan fingerprint density at radius 2 is 2.23 bits per heavy atom. The van der Waals surface area contributed by atoms with E-state index in [1.54, 1.807) is 16.3 Å². The summed E-state index contributed by atoms with van der Waals surface area (Å²) in [5, 5.41) is 3.77. The summed E-state index contributed by atoms with van der Waals surface area (Å²) in [6.45, 7) is 7.35. The number of fused-ring (bicyclic) bond motifs is 1. The molecule has 1 aliphatic heterocycles. The van der Waals surface area contributed by atoms with E-state index >= 15 is 0 Å². The maximum atomic E-state index is 12.5. The number of thioether (sulfide) groups is 1. The second kappa shape index (κ2) is 5.72. The zero-order chi connectivity index (χ0) is 15.9. The van der Waals surface area contributed by atoms with Crippen LogP contribution in [0.5, 0.6) is 0 Å². The first-order valence-corrected chi connectivity index (χ1v) is 8.88. The van der Waals surface area contributed by atoms with Gasteiger partial charge in [0.2, 0.25) is 0 Å². The van der Waals surface area contributed by atoms with Crippen molar-refractivity contribution in [1.82, 2.24) is 14.9 Å². The number of hydrogen-bond acceptors (Lipinski definition) is 4. The van der Waals surface area contributed by atoms with Gasteiger partial charge in [0.25, 0.3) is 11.5 Å². The summed E-state index contributed by atoms with van der Waals surface area (Å²) in [6, 6.07) is 0.137. The average Bonchev–Trinajstić information content (AvgIpc) is 2.85. The van der Waals surface area contributed by atoms with Crippen molar-refractivity contribution in [3.8, 4) is 0 Å². The average molecular weight is 321 g/mol. The molecule has 0 bridgehead atoms. The molecule has 2 atom stereocenters. The second-order valence-corrected chi connectivity index (χ2v) is 8.41. The van der Waals surface area contributed by atoms with Crippen molar-refractivity contribution in [2.24, 2.45) is 11.3 Å². The Bertz CT molecular complexity index is 653. The topological polar surface area (TPSA) is 64.0 Å². The van der Waals surface area contributed by atoms with Crippen LogP contribution in [0.4, 0.5) is 0 Å². The highest BCUT2D eigenvalue weighted by Gasteiger charge is 2.33. The number of nitrogens with zero attached hydrogens (tertiary/aromatic N) is 2. The Kier molecular flexibility index (Phi) is 4.05. The molecular formula is C16H23N3O2S. The fourth-order valence-corrected chi connectivity index (χ4v) is 4.81. The molecule has 1 aliphatic carbocycles. The molecule has 1 N–H and O–H groups in total. The van der Waals surface area contributed by atoms with Crippen LogP contribution < -0.4 is 10.9 Å². The quantitative estimate of drug-likeness (QED) is 0.849. The molecule has 0 aromatic carbocycles. The molecule has 1 aromatic heterocycles. The van der Waals surface area contributed by atoms with E-state index in [0.717, 1.165) is 18.6 Å². The van der Waals surface area contributed by atoms with Crippen LogP contribution in [0.1, 0.15) is 50.4 Å². The Hall–Kier alpha value is -1.30. The van der Waals surface area contributed by atoms with Crippen molar-refractivity contribution in [2.45, 2.75) is 57.8 Å². The molecule has 22 heavy (non-hydrogen) atoms. The third-order valence-electron chi connectivity index (χ3n) is 4.52. The summed E-state index contributed by atoms with van der Waals surface area (Å²) >= 11 is 1.56. The smallest absolute Gasteiger partial charge is 0.267 e. The van der Waals surface area contributed by atoms with Crippen molar-refractivity contribution in [2.75, 3.05) is 5.75 Å². The molecular weight excluding hydrogens is 298 g/mol. The number of rotatable bonds is 2. The minimum atomic E-state index is -0.278. The third-order valence-corrected chi connectivity index (χ3v) is 5.49. The van der Waals surface area contributed by atoms with E-state index in [-0.39, 0.29) is 28.5 Å². The van der Waals surface area contributed by atoms with Crippen LogP contribution in [-0.4, -0.2) is 27.3 Å². The van der Waals surface area contributed by atoms with E-state index < -0.39 is 0 Å². The standard InChI is InChI=1S/C16H23N3O2S/c1-10-6-11(8-16(2,3)7-10)18-13(20)12-9-17-15-19(14(12)21)4-5-22-15/h9-11H,4-8H2,1-3H3,(H,18,20)/t10-,11-/m0/s1. The largest absolute Gasteiger partial charge is 0.349 e. The molecule has 1 fully saturated rings. The highest BCUT2D eigenvalue weighted by atomic mass is 32.2. The molecule has 120 valence electrons. The predicted molar refractivity (Wildman–Crippen MR) is 87.3 cm³/mol. The summed E-state index contributed by atoms with van der Waals surface area (Å²) in [6.07, 6.45) is 4.54. The van der Waals surface area contributed by atoms with Crippen LogP contribution in [0.2, 0.25) is 0 Å². The number of carbonyl (C=O) groups excluding carboxylic acids is 1. The van der Waals surface area contributed by atoms with Crippen LogP contribution in [0, 0.1) is 11.3 Å². The second-order valence-electron chi connectivity index (χ2n) is 7.34. The monoisotopic (exact) mass is 321 g/mol. The number of carbonyl (C=O) groups is 1. The Morgan fingerprint density at radius 3 is 2.95 bits per heavy atom. The first-order chi connectivity index (χ1) is 10.4. The molecule has 1 aromatic rings. The fourth-order valence-electron chi connectivity index (χ4n) is 3.89. The van der Waals surface area contributed by atoms with Crippen molar-refractivity contribution in [1.29, 1.82) is 0 Å². The molecule has 6 heteroatoms. The van der Waals surface area contributed by atoms with Gasteiger partial charge < -0.3 is 5.32 Å². The lowest BCUT2D eigenvalue weighted by atomic mass is 9.70. The summed E-state index contributed by atoms with van der Waals surface area (Å²) in [7, 11) is 0. The normalized spacial score (nSPS) is 26.5. The lowest BCUT2D eigenvalue weighted by Gasteiger charge is -2.39. The Balaban J connectivity index is 1.77. The molecule has 0 spiro atoms. The molecule has 1 amide bonds. The molecule has 2 aliphatic rings. The van der Waals surface area contributed by atoms with Crippen molar-refractivity contribution < 1.29 is 4.79 Å². The lowest BCUT2D eigenvalue weighted by Crippen LogP contribution is -2.44.